The van der Waals surface area contributed by atoms with E-state index in [0.717, 1.165) is 10.0 Å². The third kappa shape index (κ3) is 3.72. The molecule has 0 amide bonds. The van der Waals surface area contributed by atoms with Crippen molar-refractivity contribution >= 4 is 55.4 Å². The minimum atomic E-state index is -0.665. The lowest BCUT2D eigenvalue weighted by molar-refractivity contribution is 0.0704. The van der Waals surface area contributed by atoms with E-state index in [9.17, 15) is 9.59 Å². The summed E-state index contributed by atoms with van der Waals surface area (Å²) in [6.07, 6.45) is 0. The lowest BCUT2D eigenvalue weighted by Crippen LogP contribution is -2.09. The SMILES string of the molecule is Cc1oc2cc(OC(=O)c3cc4cc(Cl)ccc4o3)ccc2c(=O)c1-c1ccc(Br)cc1. The number of aryl methyl sites for hydroxylation is 1. The zero-order valence-corrected chi connectivity index (χ0v) is 19.0. The lowest BCUT2D eigenvalue weighted by Gasteiger charge is -2.08. The molecule has 0 fully saturated rings. The van der Waals surface area contributed by atoms with Crippen molar-refractivity contribution in [3.63, 3.8) is 0 Å². The molecule has 0 N–H and O–H groups in total. The highest BCUT2D eigenvalue weighted by Gasteiger charge is 2.18. The van der Waals surface area contributed by atoms with Gasteiger partial charge >= 0.3 is 5.97 Å². The average molecular weight is 510 g/mol. The summed E-state index contributed by atoms with van der Waals surface area (Å²) in [6.45, 7) is 1.73. The van der Waals surface area contributed by atoms with E-state index in [-0.39, 0.29) is 16.9 Å². The molecule has 5 aromatic rings. The number of hydrogen-bond donors (Lipinski definition) is 0. The summed E-state index contributed by atoms with van der Waals surface area (Å²) in [5.41, 5.74) is 1.97. The fourth-order valence-electron chi connectivity index (χ4n) is 3.57. The van der Waals surface area contributed by atoms with E-state index in [1.807, 2.05) is 24.3 Å². The monoisotopic (exact) mass is 508 g/mol. The molecular weight excluding hydrogens is 496 g/mol. The van der Waals surface area contributed by atoms with E-state index in [1.165, 1.54) is 6.07 Å². The number of carbonyl (C=O) groups excluding carboxylic acids is 1. The maximum Gasteiger partial charge on any atom is 0.379 e. The molecule has 0 spiro atoms. The molecule has 5 rings (SSSR count). The van der Waals surface area contributed by atoms with E-state index in [1.54, 1.807) is 43.3 Å². The summed E-state index contributed by atoms with van der Waals surface area (Å²) in [6, 6.07) is 18.7. The second-order valence-electron chi connectivity index (χ2n) is 7.21. The van der Waals surface area contributed by atoms with Gasteiger partial charge in [-0.05, 0) is 61.0 Å². The Hall–Kier alpha value is -3.35. The number of furan rings is 1. The van der Waals surface area contributed by atoms with Crippen LogP contribution in [0.5, 0.6) is 5.75 Å². The van der Waals surface area contributed by atoms with Crippen molar-refractivity contribution in [3.05, 3.63) is 98.0 Å². The van der Waals surface area contributed by atoms with Crippen LogP contribution < -0.4 is 10.2 Å². The Balaban J connectivity index is 1.49. The predicted octanol–water partition coefficient (Wildman–Crippen LogP) is 7.15. The van der Waals surface area contributed by atoms with Crippen LogP contribution in [0.2, 0.25) is 5.02 Å². The highest BCUT2D eigenvalue weighted by molar-refractivity contribution is 9.10. The van der Waals surface area contributed by atoms with Crippen molar-refractivity contribution in [3.8, 4) is 16.9 Å². The number of fused-ring (bicyclic) bond motifs is 2. The van der Waals surface area contributed by atoms with E-state index >= 15 is 0 Å². The summed E-state index contributed by atoms with van der Waals surface area (Å²) in [5.74, 6) is 0.0928. The second-order valence-corrected chi connectivity index (χ2v) is 8.56. The van der Waals surface area contributed by atoms with E-state index in [4.69, 9.17) is 25.2 Å². The van der Waals surface area contributed by atoms with E-state index < -0.39 is 5.97 Å². The Labute approximate surface area is 195 Å². The Morgan fingerprint density at radius 3 is 2.50 bits per heavy atom. The smallest absolute Gasteiger partial charge is 0.379 e. The van der Waals surface area contributed by atoms with Crippen LogP contribution in [0.25, 0.3) is 33.1 Å². The quantitative estimate of drug-likeness (QED) is 0.191. The highest BCUT2D eigenvalue weighted by atomic mass is 79.9. The first-order chi connectivity index (χ1) is 15.4. The molecule has 0 atom stereocenters. The summed E-state index contributed by atoms with van der Waals surface area (Å²) in [5, 5.41) is 1.64. The molecule has 2 heterocycles. The highest BCUT2D eigenvalue weighted by Crippen LogP contribution is 2.28. The van der Waals surface area contributed by atoms with Gasteiger partial charge in [0.25, 0.3) is 0 Å². The van der Waals surface area contributed by atoms with Crippen molar-refractivity contribution in [1.82, 2.24) is 0 Å². The molecule has 0 unspecified atom stereocenters. The molecule has 0 aliphatic rings. The average Bonchev–Trinajstić information content (AvgIpc) is 3.18. The standard InChI is InChI=1S/C25H14BrClO5/c1-13-23(14-2-4-16(26)5-3-14)24(28)19-8-7-18(12-21(19)30-13)31-25(29)22-11-15-10-17(27)6-9-20(15)32-22/h2-12H,1H3. The van der Waals surface area contributed by atoms with Crippen LogP contribution in [0, 0.1) is 6.92 Å². The van der Waals surface area contributed by atoms with Crippen molar-refractivity contribution < 1.29 is 18.4 Å². The fraction of sp³-hybridized carbons (Fsp3) is 0.0400. The van der Waals surface area contributed by atoms with Crippen molar-refractivity contribution in [2.75, 3.05) is 0 Å². The Bertz CT molecular complexity index is 1560. The van der Waals surface area contributed by atoms with Gasteiger partial charge in [-0.15, -0.1) is 0 Å². The van der Waals surface area contributed by atoms with Crippen LogP contribution >= 0.6 is 27.5 Å². The van der Waals surface area contributed by atoms with Gasteiger partial charge in [-0.1, -0.05) is 39.7 Å². The van der Waals surface area contributed by atoms with Crippen LogP contribution in [-0.4, -0.2) is 5.97 Å². The van der Waals surface area contributed by atoms with E-state index in [0.29, 0.717) is 38.3 Å². The van der Waals surface area contributed by atoms with Crippen LogP contribution in [0.4, 0.5) is 0 Å². The van der Waals surface area contributed by atoms with Gasteiger partial charge in [0.15, 0.2) is 0 Å². The molecule has 0 bridgehead atoms. The summed E-state index contributed by atoms with van der Waals surface area (Å²) in [4.78, 5) is 25.7. The van der Waals surface area contributed by atoms with Gasteiger partial charge < -0.3 is 13.6 Å². The summed E-state index contributed by atoms with van der Waals surface area (Å²) >= 11 is 9.38. The first kappa shape index (κ1) is 20.5. The van der Waals surface area contributed by atoms with Crippen LogP contribution in [0.1, 0.15) is 16.3 Å². The molecule has 0 saturated heterocycles. The Morgan fingerprint density at radius 1 is 0.938 bits per heavy atom. The molecule has 0 aliphatic heterocycles. The third-order valence-electron chi connectivity index (χ3n) is 5.06. The molecule has 158 valence electrons. The number of esters is 1. The Kier molecular flexibility index (Phi) is 5.12. The lowest BCUT2D eigenvalue weighted by atomic mass is 10.0. The van der Waals surface area contributed by atoms with Crippen LogP contribution in [0.15, 0.2) is 84.8 Å². The molecule has 7 heteroatoms. The molecular formula is C25H14BrClO5. The second kappa shape index (κ2) is 7.97. The molecule has 3 aromatic carbocycles. The van der Waals surface area contributed by atoms with Crippen LogP contribution in [0.3, 0.4) is 0 Å². The number of halogens is 2. The molecule has 2 aromatic heterocycles. The van der Waals surface area contributed by atoms with Gasteiger partial charge in [-0.3, -0.25) is 4.79 Å². The van der Waals surface area contributed by atoms with Gasteiger partial charge in [0.2, 0.25) is 11.2 Å². The number of benzene rings is 3. The number of ether oxygens (including phenoxy) is 1. The molecule has 0 aliphatic carbocycles. The predicted molar refractivity (Wildman–Crippen MR) is 127 cm³/mol. The molecule has 0 saturated carbocycles. The number of rotatable bonds is 3. The fourth-order valence-corrected chi connectivity index (χ4v) is 4.02. The summed E-state index contributed by atoms with van der Waals surface area (Å²) in [7, 11) is 0. The van der Waals surface area contributed by atoms with Crippen molar-refractivity contribution in [2.24, 2.45) is 0 Å². The van der Waals surface area contributed by atoms with Gasteiger partial charge in [0.1, 0.15) is 22.7 Å². The normalized spacial score (nSPS) is 11.2. The maximum atomic E-state index is 13.1. The first-order valence-electron chi connectivity index (χ1n) is 9.64. The summed E-state index contributed by atoms with van der Waals surface area (Å²) < 4.78 is 17.8. The maximum absolute atomic E-state index is 13.1. The Morgan fingerprint density at radius 2 is 1.72 bits per heavy atom. The minimum absolute atomic E-state index is 0.0468. The van der Waals surface area contributed by atoms with Gasteiger partial charge in [0, 0.05) is 20.9 Å². The zero-order chi connectivity index (χ0) is 22.4. The third-order valence-corrected chi connectivity index (χ3v) is 5.83. The largest absolute Gasteiger partial charge is 0.460 e. The molecule has 5 nitrogen and oxygen atoms in total. The van der Waals surface area contributed by atoms with Gasteiger partial charge in [0.05, 0.1) is 10.9 Å². The van der Waals surface area contributed by atoms with Gasteiger partial charge in [-0.2, -0.15) is 0 Å². The zero-order valence-electron chi connectivity index (χ0n) is 16.6. The van der Waals surface area contributed by atoms with Crippen molar-refractivity contribution in [1.29, 1.82) is 0 Å². The number of carbonyl (C=O) groups is 1. The van der Waals surface area contributed by atoms with Gasteiger partial charge in [-0.25, -0.2) is 4.79 Å². The van der Waals surface area contributed by atoms with Crippen molar-refractivity contribution in [2.45, 2.75) is 6.92 Å². The topological polar surface area (TPSA) is 69.7 Å². The molecule has 0 radical (unpaired) electrons. The molecule has 32 heavy (non-hydrogen) atoms. The number of hydrogen-bond acceptors (Lipinski definition) is 5. The first-order valence-corrected chi connectivity index (χ1v) is 10.8. The van der Waals surface area contributed by atoms with E-state index in [2.05, 4.69) is 15.9 Å². The van der Waals surface area contributed by atoms with Crippen LogP contribution in [-0.2, 0) is 0 Å². The minimum Gasteiger partial charge on any atom is -0.460 e.